The smallest absolute Gasteiger partial charge is 0.228 e. The van der Waals surface area contributed by atoms with Crippen LogP contribution in [-0.4, -0.2) is 27.6 Å². The molecule has 0 saturated carbocycles. The molecule has 0 aliphatic carbocycles. The van der Waals surface area contributed by atoms with Crippen LogP contribution in [0.3, 0.4) is 0 Å². The maximum Gasteiger partial charge on any atom is 0.228 e. The van der Waals surface area contributed by atoms with Gasteiger partial charge in [-0.15, -0.1) is 11.3 Å². The van der Waals surface area contributed by atoms with Gasteiger partial charge in [-0.25, -0.2) is 4.98 Å². The number of halogens is 1. The zero-order valence-corrected chi connectivity index (χ0v) is 15.4. The second kappa shape index (κ2) is 7.67. The largest absolute Gasteiger partial charge is 0.339 e. The van der Waals surface area contributed by atoms with E-state index in [4.69, 9.17) is 4.52 Å². The minimum atomic E-state index is -0.0248. The second-order valence-electron chi connectivity index (χ2n) is 4.96. The maximum absolute atomic E-state index is 12.5. The number of aromatic nitrogens is 3. The minimum absolute atomic E-state index is 0.0248. The first-order valence-electron chi connectivity index (χ1n) is 7.45. The van der Waals surface area contributed by atoms with E-state index in [1.807, 2.05) is 36.6 Å². The third-order valence-electron chi connectivity index (χ3n) is 3.37. The highest BCUT2D eigenvalue weighted by Gasteiger charge is 2.17. The second-order valence-corrected chi connectivity index (χ2v) is 6.83. The summed E-state index contributed by atoms with van der Waals surface area (Å²) in [6.45, 7) is 2.47. The fourth-order valence-corrected chi connectivity index (χ4v) is 3.09. The molecule has 3 rings (SSSR count). The summed E-state index contributed by atoms with van der Waals surface area (Å²) in [5.41, 5.74) is 0. The molecule has 3 heterocycles. The molecule has 0 atom stereocenters. The lowest BCUT2D eigenvalue weighted by molar-refractivity contribution is -0.118. The number of carbonyl (C=O) groups excluding carboxylic acids is 1. The summed E-state index contributed by atoms with van der Waals surface area (Å²) in [6.07, 6.45) is 2.37. The highest BCUT2D eigenvalue weighted by atomic mass is 79.9. The Hall–Kier alpha value is -2.06. The first kappa shape index (κ1) is 16.8. The number of rotatable bonds is 6. The number of nitrogens with zero attached hydrogens (tertiary/aromatic N) is 4. The number of aryl methyl sites for hydroxylation is 1. The summed E-state index contributed by atoms with van der Waals surface area (Å²) in [4.78, 5) is 23.7. The summed E-state index contributed by atoms with van der Waals surface area (Å²) in [5.74, 6) is 1.64. The van der Waals surface area contributed by atoms with E-state index in [0.717, 1.165) is 9.35 Å². The normalized spacial score (nSPS) is 10.8. The molecule has 3 aromatic heterocycles. The zero-order chi connectivity index (χ0) is 16.9. The molecular formula is C16H15BrN4O2S. The Morgan fingerprint density at radius 1 is 1.38 bits per heavy atom. The summed E-state index contributed by atoms with van der Waals surface area (Å²) < 4.78 is 6.10. The van der Waals surface area contributed by atoms with Gasteiger partial charge in [0.15, 0.2) is 0 Å². The highest BCUT2D eigenvalue weighted by Crippen LogP contribution is 2.22. The fraction of sp³-hybridized carbons (Fsp3) is 0.250. The third kappa shape index (κ3) is 3.88. The molecule has 1 amide bonds. The number of hydrogen-bond donors (Lipinski definition) is 0. The Labute approximate surface area is 151 Å². The number of anilines is 1. The van der Waals surface area contributed by atoms with Crippen molar-refractivity contribution in [3.63, 3.8) is 0 Å². The Kier molecular flexibility index (Phi) is 5.37. The standard InChI is InChI=1S/C16H15BrN4O2S/c1-2-21(13-6-5-11(17)10-18-13)15(22)8-7-14-19-16(20-23-14)12-4-3-9-24-12/h3-6,9-10H,2,7-8H2,1H3. The topological polar surface area (TPSA) is 72.1 Å². The van der Waals surface area contributed by atoms with Crippen LogP contribution < -0.4 is 4.90 Å². The first-order chi connectivity index (χ1) is 11.7. The number of amides is 1. The van der Waals surface area contributed by atoms with Crippen LogP contribution in [0, 0.1) is 0 Å². The van der Waals surface area contributed by atoms with Crippen molar-refractivity contribution in [3.8, 4) is 10.7 Å². The van der Waals surface area contributed by atoms with E-state index < -0.39 is 0 Å². The van der Waals surface area contributed by atoms with Gasteiger partial charge in [0.2, 0.25) is 17.6 Å². The van der Waals surface area contributed by atoms with Gasteiger partial charge in [-0.3, -0.25) is 9.69 Å². The van der Waals surface area contributed by atoms with Crippen LogP contribution >= 0.6 is 27.3 Å². The molecule has 0 bridgehead atoms. The van der Waals surface area contributed by atoms with Crippen LogP contribution in [0.15, 0.2) is 44.8 Å². The van der Waals surface area contributed by atoms with Gasteiger partial charge >= 0.3 is 0 Å². The Morgan fingerprint density at radius 2 is 2.25 bits per heavy atom. The van der Waals surface area contributed by atoms with Crippen LogP contribution in [0.5, 0.6) is 0 Å². The van der Waals surface area contributed by atoms with Gasteiger partial charge in [-0.05, 0) is 46.4 Å². The van der Waals surface area contributed by atoms with Crippen molar-refractivity contribution in [2.75, 3.05) is 11.4 Å². The van der Waals surface area contributed by atoms with Crippen molar-refractivity contribution >= 4 is 39.0 Å². The van der Waals surface area contributed by atoms with E-state index in [0.29, 0.717) is 30.5 Å². The van der Waals surface area contributed by atoms with Crippen molar-refractivity contribution in [1.29, 1.82) is 0 Å². The van der Waals surface area contributed by atoms with Gasteiger partial charge in [-0.2, -0.15) is 4.98 Å². The van der Waals surface area contributed by atoms with E-state index >= 15 is 0 Å². The lowest BCUT2D eigenvalue weighted by Gasteiger charge is -2.19. The molecular weight excluding hydrogens is 392 g/mol. The Bertz CT molecular complexity index is 802. The molecule has 0 N–H and O–H groups in total. The average Bonchev–Trinajstić information content (AvgIpc) is 3.26. The summed E-state index contributed by atoms with van der Waals surface area (Å²) in [6, 6.07) is 7.54. The molecule has 6 nitrogen and oxygen atoms in total. The van der Waals surface area contributed by atoms with Crippen molar-refractivity contribution in [1.82, 2.24) is 15.1 Å². The van der Waals surface area contributed by atoms with Crippen LogP contribution in [0.2, 0.25) is 0 Å². The van der Waals surface area contributed by atoms with Crippen LogP contribution in [0.4, 0.5) is 5.82 Å². The van der Waals surface area contributed by atoms with Crippen LogP contribution in [0.1, 0.15) is 19.2 Å². The minimum Gasteiger partial charge on any atom is -0.339 e. The molecule has 8 heteroatoms. The molecule has 124 valence electrons. The van der Waals surface area contributed by atoms with Gasteiger partial charge in [0.05, 0.1) is 4.88 Å². The summed E-state index contributed by atoms with van der Waals surface area (Å²) in [7, 11) is 0. The molecule has 0 spiro atoms. The van der Waals surface area contributed by atoms with E-state index in [9.17, 15) is 4.79 Å². The highest BCUT2D eigenvalue weighted by molar-refractivity contribution is 9.10. The molecule has 0 unspecified atom stereocenters. The molecule has 0 aliphatic heterocycles. The quantitative estimate of drug-likeness (QED) is 0.619. The van der Waals surface area contributed by atoms with E-state index in [1.54, 1.807) is 22.4 Å². The van der Waals surface area contributed by atoms with Crippen molar-refractivity contribution in [2.24, 2.45) is 0 Å². The monoisotopic (exact) mass is 406 g/mol. The molecule has 3 aromatic rings. The molecule has 24 heavy (non-hydrogen) atoms. The predicted molar refractivity (Wildman–Crippen MR) is 95.9 cm³/mol. The summed E-state index contributed by atoms with van der Waals surface area (Å²) in [5, 5.41) is 5.91. The van der Waals surface area contributed by atoms with Gasteiger partial charge < -0.3 is 4.52 Å². The van der Waals surface area contributed by atoms with Crippen LogP contribution in [-0.2, 0) is 11.2 Å². The lowest BCUT2D eigenvalue weighted by atomic mass is 10.2. The Morgan fingerprint density at radius 3 is 2.92 bits per heavy atom. The lowest BCUT2D eigenvalue weighted by Crippen LogP contribution is -2.31. The number of pyridine rings is 1. The van der Waals surface area contributed by atoms with E-state index in [-0.39, 0.29) is 12.3 Å². The molecule has 0 fully saturated rings. The fourth-order valence-electron chi connectivity index (χ4n) is 2.20. The van der Waals surface area contributed by atoms with E-state index in [1.165, 1.54) is 0 Å². The van der Waals surface area contributed by atoms with Gasteiger partial charge in [0.1, 0.15) is 5.82 Å². The van der Waals surface area contributed by atoms with Crippen molar-refractivity contribution < 1.29 is 9.32 Å². The number of hydrogen-bond acceptors (Lipinski definition) is 6. The number of thiophene rings is 1. The first-order valence-corrected chi connectivity index (χ1v) is 9.13. The van der Waals surface area contributed by atoms with Gasteiger partial charge in [0.25, 0.3) is 0 Å². The average molecular weight is 407 g/mol. The molecule has 0 aliphatic rings. The van der Waals surface area contributed by atoms with Crippen molar-refractivity contribution in [3.05, 3.63) is 46.2 Å². The Balaban J connectivity index is 1.63. The van der Waals surface area contributed by atoms with Gasteiger partial charge in [-0.1, -0.05) is 11.2 Å². The molecule has 0 aromatic carbocycles. The molecule has 0 saturated heterocycles. The van der Waals surface area contributed by atoms with Gasteiger partial charge in [0, 0.05) is 30.1 Å². The number of carbonyl (C=O) groups is 1. The zero-order valence-electron chi connectivity index (χ0n) is 13.0. The summed E-state index contributed by atoms with van der Waals surface area (Å²) >= 11 is 4.89. The van der Waals surface area contributed by atoms with E-state index in [2.05, 4.69) is 31.1 Å². The predicted octanol–water partition coefficient (Wildman–Crippen LogP) is 3.94. The van der Waals surface area contributed by atoms with Crippen LogP contribution in [0.25, 0.3) is 10.7 Å². The third-order valence-corrected chi connectivity index (χ3v) is 4.70. The maximum atomic E-state index is 12.5. The SMILES string of the molecule is CCN(C(=O)CCc1nc(-c2cccs2)no1)c1ccc(Br)cn1. The van der Waals surface area contributed by atoms with Crippen molar-refractivity contribution in [2.45, 2.75) is 19.8 Å². The molecule has 0 radical (unpaired) electrons.